The lowest BCUT2D eigenvalue weighted by atomic mass is 10.1. The van der Waals surface area contributed by atoms with Gasteiger partial charge in [0, 0.05) is 35.8 Å². The summed E-state index contributed by atoms with van der Waals surface area (Å²) >= 11 is 0. The van der Waals surface area contributed by atoms with E-state index in [1.165, 1.54) is 12.5 Å². The molecule has 4 rings (SSSR count). The van der Waals surface area contributed by atoms with E-state index in [9.17, 15) is 10.1 Å². The third-order valence-corrected chi connectivity index (χ3v) is 4.77. The maximum Gasteiger partial charge on any atom is 0.295 e. The SMILES string of the molecule is Cc1cc(NCc2nnc3n2CCCCC3)c2cccc([N+](=O)[O-])c2n1. The molecular formula is C18H20N6O2. The van der Waals surface area contributed by atoms with Crippen LogP contribution < -0.4 is 5.32 Å². The molecule has 0 fully saturated rings. The van der Waals surface area contributed by atoms with Gasteiger partial charge < -0.3 is 9.88 Å². The van der Waals surface area contributed by atoms with E-state index in [2.05, 4.69) is 25.1 Å². The van der Waals surface area contributed by atoms with Crippen LogP contribution >= 0.6 is 0 Å². The first-order valence-corrected chi connectivity index (χ1v) is 8.83. The smallest absolute Gasteiger partial charge is 0.295 e. The highest BCUT2D eigenvalue weighted by atomic mass is 16.6. The second kappa shape index (κ2) is 6.70. The Kier molecular flexibility index (Phi) is 4.24. The topological polar surface area (TPSA) is 98.8 Å². The van der Waals surface area contributed by atoms with Crippen LogP contribution in [0.1, 0.15) is 36.6 Å². The number of pyridine rings is 1. The molecular weight excluding hydrogens is 332 g/mol. The average molecular weight is 352 g/mol. The Labute approximate surface area is 150 Å². The van der Waals surface area contributed by atoms with E-state index in [0.717, 1.165) is 54.2 Å². The van der Waals surface area contributed by atoms with Crippen LogP contribution in [0, 0.1) is 17.0 Å². The lowest BCUT2D eigenvalue weighted by Gasteiger charge is -2.12. The van der Waals surface area contributed by atoms with Crippen LogP contribution in [0.15, 0.2) is 24.3 Å². The van der Waals surface area contributed by atoms with Crippen molar-refractivity contribution in [1.29, 1.82) is 0 Å². The minimum atomic E-state index is -0.392. The third kappa shape index (κ3) is 2.98. The van der Waals surface area contributed by atoms with Gasteiger partial charge in [0.15, 0.2) is 11.3 Å². The predicted molar refractivity (Wildman–Crippen MR) is 98.0 cm³/mol. The summed E-state index contributed by atoms with van der Waals surface area (Å²) in [6.07, 6.45) is 4.48. The van der Waals surface area contributed by atoms with Crippen molar-refractivity contribution < 1.29 is 4.92 Å². The summed E-state index contributed by atoms with van der Waals surface area (Å²) in [5, 5.41) is 24.1. The molecule has 1 N–H and O–H groups in total. The Balaban J connectivity index is 1.67. The molecule has 8 nitrogen and oxygen atoms in total. The van der Waals surface area contributed by atoms with Gasteiger partial charge in [-0.1, -0.05) is 18.6 Å². The minimum Gasteiger partial charge on any atom is -0.377 e. The van der Waals surface area contributed by atoms with Crippen LogP contribution in [-0.2, 0) is 19.5 Å². The summed E-state index contributed by atoms with van der Waals surface area (Å²) in [6, 6.07) is 6.93. The molecule has 0 radical (unpaired) electrons. The maximum atomic E-state index is 11.3. The first-order chi connectivity index (χ1) is 12.6. The van der Waals surface area contributed by atoms with Crippen molar-refractivity contribution in [3.8, 4) is 0 Å². The highest BCUT2D eigenvalue weighted by molar-refractivity contribution is 5.96. The lowest BCUT2D eigenvalue weighted by molar-refractivity contribution is -0.383. The number of hydrogen-bond acceptors (Lipinski definition) is 6. The normalized spacial score (nSPS) is 14.0. The molecule has 2 aromatic heterocycles. The highest BCUT2D eigenvalue weighted by Gasteiger charge is 2.17. The van der Waals surface area contributed by atoms with Crippen LogP contribution in [0.25, 0.3) is 10.9 Å². The minimum absolute atomic E-state index is 0.0191. The second-order valence-electron chi connectivity index (χ2n) is 6.59. The number of nitro groups is 1. The van der Waals surface area contributed by atoms with Gasteiger partial charge in [-0.2, -0.15) is 0 Å². The van der Waals surface area contributed by atoms with Crippen LogP contribution in [0.5, 0.6) is 0 Å². The quantitative estimate of drug-likeness (QED) is 0.571. The number of benzene rings is 1. The Morgan fingerprint density at radius 2 is 2.15 bits per heavy atom. The molecule has 3 heterocycles. The Hall–Kier alpha value is -3.03. The Morgan fingerprint density at radius 1 is 1.27 bits per heavy atom. The molecule has 134 valence electrons. The van der Waals surface area contributed by atoms with Gasteiger partial charge in [0.05, 0.1) is 11.5 Å². The number of nitro benzene ring substituents is 1. The first kappa shape index (κ1) is 16.4. The number of fused-ring (bicyclic) bond motifs is 2. The van der Waals surface area contributed by atoms with E-state index < -0.39 is 4.92 Å². The second-order valence-corrected chi connectivity index (χ2v) is 6.59. The molecule has 1 aliphatic heterocycles. The number of aromatic nitrogens is 4. The monoisotopic (exact) mass is 352 g/mol. The first-order valence-electron chi connectivity index (χ1n) is 8.83. The van der Waals surface area contributed by atoms with Crippen molar-refractivity contribution in [1.82, 2.24) is 19.7 Å². The molecule has 0 spiro atoms. The molecule has 0 unspecified atom stereocenters. The zero-order valence-electron chi connectivity index (χ0n) is 14.6. The molecule has 26 heavy (non-hydrogen) atoms. The summed E-state index contributed by atoms with van der Waals surface area (Å²) in [4.78, 5) is 15.3. The molecule has 0 saturated heterocycles. The molecule has 0 aliphatic carbocycles. The van der Waals surface area contributed by atoms with Crippen molar-refractivity contribution in [2.24, 2.45) is 0 Å². The Morgan fingerprint density at radius 3 is 3.00 bits per heavy atom. The van der Waals surface area contributed by atoms with Crippen molar-refractivity contribution in [3.05, 3.63) is 51.7 Å². The van der Waals surface area contributed by atoms with Gasteiger partial charge in [0.25, 0.3) is 5.69 Å². The molecule has 8 heteroatoms. The maximum absolute atomic E-state index is 11.3. The fourth-order valence-electron chi connectivity index (χ4n) is 3.51. The van der Waals surface area contributed by atoms with Crippen molar-refractivity contribution in [2.45, 2.75) is 45.7 Å². The number of nitrogens with one attached hydrogen (secondary N) is 1. The number of nitrogens with zero attached hydrogens (tertiary/aromatic N) is 5. The number of rotatable bonds is 4. The molecule has 3 aromatic rings. The number of non-ortho nitro benzene ring substituents is 1. The summed E-state index contributed by atoms with van der Waals surface area (Å²) < 4.78 is 2.19. The number of aryl methyl sites for hydroxylation is 2. The van der Waals surface area contributed by atoms with Gasteiger partial charge in [0.2, 0.25) is 0 Å². The summed E-state index contributed by atoms with van der Waals surface area (Å²) in [6.45, 7) is 3.31. The van der Waals surface area contributed by atoms with Crippen molar-refractivity contribution >= 4 is 22.3 Å². The lowest BCUT2D eigenvalue weighted by Crippen LogP contribution is -2.11. The molecule has 0 bridgehead atoms. The number of anilines is 1. The van der Waals surface area contributed by atoms with Crippen molar-refractivity contribution in [3.63, 3.8) is 0 Å². The van der Waals surface area contributed by atoms with E-state index in [0.29, 0.717) is 12.1 Å². The van der Waals surface area contributed by atoms with Crippen LogP contribution in [0.3, 0.4) is 0 Å². The van der Waals surface area contributed by atoms with E-state index in [4.69, 9.17) is 0 Å². The standard InChI is InChI=1S/C18H20N6O2/c1-12-10-14(13-6-5-7-15(24(25)26)18(13)20-12)19-11-17-22-21-16-8-3-2-4-9-23(16)17/h5-7,10H,2-4,8-9,11H2,1H3,(H,19,20). The predicted octanol–water partition coefficient (Wildman–Crippen LogP) is 3.38. The molecule has 0 amide bonds. The fraction of sp³-hybridized carbons (Fsp3) is 0.389. The number of hydrogen-bond donors (Lipinski definition) is 1. The van der Waals surface area contributed by atoms with E-state index in [1.807, 2.05) is 19.1 Å². The molecule has 0 atom stereocenters. The zero-order valence-corrected chi connectivity index (χ0v) is 14.6. The van der Waals surface area contributed by atoms with Gasteiger partial charge >= 0.3 is 0 Å². The average Bonchev–Trinajstić information content (AvgIpc) is 2.85. The van der Waals surface area contributed by atoms with E-state index in [-0.39, 0.29) is 5.69 Å². The van der Waals surface area contributed by atoms with Gasteiger partial charge in [-0.3, -0.25) is 10.1 Å². The fourth-order valence-corrected chi connectivity index (χ4v) is 3.51. The Bertz CT molecular complexity index is 981. The largest absolute Gasteiger partial charge is 0.377 e. The van der Waals surface area contributed by atoms with Gasteiger partial charge in [-0.25, -0.2) is 4.98 Å². The van der Waals surface area contributed by atoms with Crippen molar-refractivity contribution in [2.75, 3.05) is 5.32 Å². The van der Waals surface area contributed by atoms with Crippen LogP contribution in [0.2, 0.25) is 0 Å². The van der Waals surface area contributed by atoms with E-state index in [1.54, 1.807) is 6.07 Å². The van der Waals surface area contributed by atoms with Gasteiger partial charge in [-0.05, 0) is 25.8 Å². The number of para-hydroxylation sites is 1. The van der Waals surface area contributed by atoms with Gasteiger partial charge in [-0.15, -0.1) is 10.2 Å². The van der Waals surface area contributed by atoms with Crippen LogP contribution in [0.4, 0.5) is 11.4 Å². The molecule has 1 aliphatic rings. The summed E-state index contributed by atoms with van der Waals surface area (Å²) in [5.41, 5.74) is 1.97. The van der Waals surface area contributed by atoms with E-state index >= 15 is 0 Å². The van der Waals surface area contributed by atoms with Crippen LogP contribution in [-0.4, -0.2) is 24.7 Å². The van der Waals surface area contributed by atoms with Gasteiger partial charge in [0.1, 0.15) is 5.82 Å². The zero-order chi connectivity index (χ0) is 18.1. The summed E-state index contributed by atoms with van der Waals surface area (Å²) in [5.74, 6) is 1.95. The highest BCUT2D eigenvalue weighted by Crippen LogP contribution is 2.30. The molecule has 1 aromatic carbocycles. The third-order valence-electron chi connectivity index (χ3n) is 4.77. The molecule has 0 saturated carbocycles. The summed E-state index contributed by atoms with van der Waals surface area (Å²) in [7, 11) is 0.